The zero-order valence-electron chi connectivity index (χ0n) is 15.2. The first-order chi connectivity index (χ1) is 13.2. The molecule has 0 N–H and O–H groups in total. The van der Waals surface area contributed by atoms with Crippen molar-refractivity contribution in [3.05, 3.63) is 82.7 Å². The van der Waals surface area contributed by atoms with Gasteiger partial charge in [0.05, 0.1) is 31.0 Å². The molecule has 0 bridgehead atoms. The van der Waals surface area contributed by atoms with Crippen molar-refractivity contribution < 1.29 is 4.74 Å². The van der Waals surface area contributed by atoms with Gasteiger partial charge in [0.15, 0.2) is 6.23 Å². The van der Waals surface area contributed by atoms with Crippen LogP contribution in [0.1, 0.15) is 34.2 Å². The highest BCUT2D eigenvalue weighted by molar-refractivity contribution is 5.32. The first-order valence-corrected chi connectivity index (χ1v) is 9.01. The van der Waals surface area contributed by atoms with Gasteiger partial charge in [0.2, 0.25) is 0 Å². The standard InChI is InChI=1S/C21H21N5O/c1-16-5-7-17(8-6-16)13-25-9-10-27-21(25)20-15-26(24-23-20)14-19-4-2-3-18(11-19)12-22/h2-8,11,15,21H,9-10,13-14H2,1H3. The van der Waals surface area contributed by atoms with E-state index in [1.54, 1.807) is 10.7 Å². The highest BCUT2D eigenvalue weighted by Gasteiger charge is 2.29. The smallest absolute Gasteiger partial charge is 0.157 e. The lowest BCUT2D eigenvalue weighted by Gasteiger charge is -2.21. The molecule has 6 nitrogen and oxygen atoms in total. The Balaban J connectivity index is 1.46. The molecule has 1 aliphatic rings. The number of ether oxygens (including phenoxy) is 1. The largest absolute Gasteiger partial charge is 0.356 e. The second-order valence-corrected chi connectivity index (χ2v) is 6.83. The summed E-state index contributed by atoms with van der Waals surface area (Å²) >= 11 is 0. The van der Waals surface area contributed by atoms with Crippen LogP contribution in [0, 0.1) is 18.3 Å². The Morgan fingerprint density at radius 3 is 2.81 bits per heavy atom. The van der Waals surface area contributed by atoms with Crippen LogP contribution < -0.4 is 0 Å². The van der Waals surface area contributed by atoms with Crippen molar-refractivity contribution in [3.63, 3.8) is 0 Å². The quantitative estimate of drug-likeness (QED) is 0.700. The van der Waals surface area contributed by atoms with Crippen molar-refractivity contribution in [2.45, 2.75) is 26.2 Å². The number of benzene rings is 2. The van der Waals surface area contributed by atoms with Gasteiger partial charge in [-0.25, -0.2) is 4.68 Å². The molecule has 0 amide bonds. The van der Waals surface area contributed by atoms with E-state index < -0.39 is 0 Å². The van der Waals surface area contributed by atoms with Crippen LogP contribution in [0.4, 0.5) is 0 Å². The Bertz CT molecular complexity index is 957. The normalized spacial score (nSPS) is 17.1. The number of nitriles is 1. The van der Waals surface area contributed by atoms with E-state index in [1.807, 2.05) is 24.4 Å². The van der Waals surface area contributed by atoms with Crippen LogP contribution in [-0.4, -0.2) is 33.0 Å². The van der Waals surface area contributed by atoms with E-state index in [2.05, 4.69) is 52.5 Å². The molecule has 2 heterocycles. The van der Waals surface area contributed by atoms with Crippen molar-refractivity contribution in [2.75, 3.05) is 13.2 Å². The molecule has 0 saturated carbocycles. The Labute approximate surface area is 158 Å². The molecule has 1 atom stereocenters. The molecule has 1 unspecified atom stereocenters. The van der Waals surface area contributed by atoms with Gasteiger partial charge < -0.3 is 4.74 Å². The third-order valence-electron chi connectivity index (χ3n) is 4.70. The van der Waals surface area contributed by atoms with Gasteiger partial charge in [-0.05, 0) is 30.2 Å². The molecule has 27 heavy (non-hydrogen) atoms. The van der Waals surface area contributed by atoms with Gasteiger partial charge in [-0.2, -0.15) is 5.26 Å². The van der Waals surface area contributed by atoms with Gasteiger partial charge in [0.1, 0.15) is 5.69 Å². The van der Waals surface area contributed by atoms with Crippen molar-refractivity contribution in [1.29, 1.82) is 5.26 Å². The van der Waals surface area contributed by atoms with Gasteiger partial charge in [-0.1, -0.05) is 47.2 Å². The van der Waals surface area contributed by atoms with E-state index in [4.69, 9.17) is 10.00 Å². The van der Waals surface area contributed by atoms with Crippen LogP contribution >= 0.6 is 0 Å². The van der Waals surface area contributed by atoms with Gasteiger partial charge in [-0.15, -0.1) is 5.10 Å². The number of nitrogens with zero attached hydrogens (tertiary/aromatic N) is 5. The first kappa shape index (κ1) is 17.4. The molecule has 4 rings (SSSR count). The highest BCUT2D eigenvalue weighted by Crippen LogP contribution is 2.27. The maximum absolute atomic E-state index is 9.03. The van der Waals surface area contributed by atoms with Crippen LogP contribution in [0.3, 0.4) is 0 Å². The minimum Gasteiger partial charge on any atom is -0.356 e. The second kappa shape index (κ2) is 7.70. The van der Waals surface area contributed by atoms with Gasteiger partial charge >= 0.3 is 0 Å². The topological polar surface area (TPSA) is 67.0 Å². The molecule has 0 radical (unpaired) electrons. The van der Waals surface area contributed by atoms with Gasteiger partial charge in [0, 0.05) is 13.1 Å². The molecule has 1 saturated heterocycles. The van der Waals surface area contributed by atoms with E-state index in [0.29, 0.717) is 18.7 Å². The third-order valence-corrected chi connectivity index (χ3v) is 4.70. The molecule has 1 aromatic heterocycles. The van der Waals surface area contributed by atoms with Crippen molar-refractivity contribution in [3.8, 4) is 6.07 Å². The minimum absolute atomic E-state index is 0.175. The van der Waals surface area contributed by atoms with E-state index in [1.165, 1.54) is 11.1 Å². The van der Waals surface area contributed by atoms with Crippen LogP contribution in [0.2, 0.25) is 0 Å². The summed E-state index contributed by atoms with van der Waals surface area (Å²) in [7, 11) is 0. The highest BCUT2D eigenvalue weighted by atomic mass is 16.5. The lowest BCUT2D eigenvalue weighted by Crippen LogP contribution is -2.23. The van der Waals surface area contributed by atoms with Crippen LogP contribution in [0.15, 0.2) is 54.7 Å². The average Bonchev–Trinajstić information content (AvgIpc) is 3.33. The summed E-state index contributed by atoms with van der Waals surface area (Å²) in [4.78, 5) is 2.27. The van der Waals surface area contributed by atoms with Crippen LogP contribution in [0.25, 0.3) is 0 Å². The van der Waals surface area contributed by atoms with E-state index >= 15 is 0 Å². The molecule has 1 aliphatic heterocycles. The molecule has 2 aromatic carbocycles. The number of hydrogen-bond donors (Lipinski definition) is 0. The summed E-state index contributed by atoms with van der Waals surface area (Å²) in [5.41, 5.74) is 5.01. The number of aryl methyl sites for hydroxylation is 1. The minimum atomic E-state index is -0.175. The van der Waals surface area contributed by atoms with Crippen molar-refractivity contribution in [1.82, 2.24) is 19.9 Å². The number of aromatic nitrogens is 3. The second-order valence-electron chi connectivity index (χ2n) is 6.83. The molecule has 6 heteroatoms. The summed E-state index contributed by atoms with van der Waals surface area (Å²) in [6.45, 7) is 5.05. The fraction of sp³-hybridized carbons (Fsp3) is 0.286. The summed E-state index contributed by atoms with van der Waals surface area (Å²) in [5, 5.41) is 17.6. The molecule has 0 spiro atoms. The lowest BCUT2D eigenvalue weighted by atomic mass is 10.1. The molecule has 3 aromatic rings. The summed E-state index contributed by atoms with van der Waals surface area (Å²) < 4.78 is 7.70. The van der Waals surface area contributed by atoms with Crippen LogP contribution in [0.5, 0.6) is 0 Å². The maximum Gasteiger partial charge on any atom is 0.157 e. The van der Waals surface area contributed by atoms with Crippen molar-refractivity contribution >= 4 is 0 Å². The van der Waals surface area contributed by atoms with Crippen molar-refractivity contribution in [2.24, 2.45) is 0 Å². The van der Waals surface area contributed by atoms with E-state index in [0.717, 1.165) is 24.3 Å². The average molecular weight is 359 g/mol. The Morgan fingerprint density at radius 2 is 2.00 bits per heavy atom. The zero-order chi connectivity index (χ0) is 18.6. The van der Waals surface area contributed by atoms with E-state index in [9.17, 15) is 0 Å². The summed E-state index contributed by atoms with van der Waals surface area (Å²) in [6.07, 6.45) is 1.75. The van der Waals surface area contributed by atoms with Gasteiger partial charge in [0.25, 0.3) is 0 Å². The molecule has 136 valence electrons. The Kier molecular flexibility index (Phi) is 4.97. The lowest BCUT2D eigenvalue weighted by molar-refractivity contribution is 0.0252. The summed E-state index contributed by atoms with van der Waals surface area (Å²) in [5.74, 6) is 0. The molecule has 1 fully saturated rings. The Hall–Kier alpha value is -3.01. The zero-order valence-corrected chi connectivity index (χ0v) is 15.2. The SMILES string of the molecule is Cc1ccc(CN2CCOC2c2cn(Cc3cccc(C#N)c3)nn2)cc1. The monoisotopic (exact) mass is 359 g/mol. The summed E-state index contributed by atoms with van der Waals surface area (Å²) in [6, 6.07) is 18.3. The molecular weight excluding hydrogens is 338 g/mol. The number of hydrogen-bond acceptors (Lipinski definition) is 5. The van der Waals surface area contributed by atoms with E-state index in [-0.39, 0.29) is 6.23 Å². The number of rotatable bonds is 5. The van der Waals surface area contributed by atoms with Crippen LogP contribution in [-0.2, 0) is 17.8 Å². The fourth-order valence-electron chi connectivity index (χ4n) is 3.30. The van der Waals surface area contributed by atoms with Gasteiger partial charge in [-0.3, -0.25) is 4.90 Å². The fourth-order valence-corrected chi connectivity index (χ4v) is 3.30. The maximum atomic E-state index is 9.03. The third kappa shape index (κ3) is 4.05. The predicted octanol–water partition coefficient (Wildman–Crippen LogP) is 3.04. The Morgan fingerprint density at radius 1 is 1.15 bits per heavy atom. The molecule has 0 aliphatic carbocycles. The predicted molar refractivity (Wildman–Crippen MR) is 101 cm³/mol. The molecular formula is C21H21N5O. The first-order valence-electron chi connectivity index (χ1n) is 9.01.